The first-order valence-corrected chi connectivity index (χ1v) is 12.5. The fraction of sp³-hybridized carbons (Fsp3) is 0.462. The van der Waals surface area contributed by atoms with Crippen molar-refractivity contribution in [3.8, 4) is 5.75 Å². The van der Waals surface area contributed by atoms with Gasteiger partial charge in [-0.1, -0.05) is 42.5 Å². The van der Waals surface area contributed by atoms with Crippen LogP contribution in [0.2, 0.25) is 0 Å². The zero-order valence-corrected chi connectivity index (χ0v) is 19.4. The Bertz CT molecular complexity index is 924. The third-order valence-corrected chi connectivity index (χ3v) is 7.52. The number of piperidine rings is 1. The number of ketones is 2. The number of ether oxygens (including phenoxy) is 2. The molecule has 6 heteroatoms. The summed E-state index contributed by atoms with van der Waals surface area (Å²) in [5.41, 5.74) is 1.03. The normalized spacial score (nSPS) is 21.8. The topological polar surface area (TPSA) is 55.8 Å². The number of rotatable bonds is 5. The number of benzene rings is 2. The Hall–Kier alpha value is -2.15. The maximum Gasteiger partial charge on any atom is 0.229 e. The Kier molecular flexibility index (Phi) is 7.66. The molecule has 2 aliphatic heterocycles. The minimum Gasteiger partial charge on any atom is -0.494 e. The number of hydrogen-bond donors (Lipinski definition) is 0. The molecule has 0 N–H and O–H groups in total. The monoisotopic (exact) mass is 453 g/mol. The van der Waals surface area contributed by atoms with Crippen LogP contribution in [-0.2, 0) is 9.53 Å². The Morgan fingerprint density at radius 3 is 2.56 bits per heavy atom. The maximum atomic E-state index is 12.6. The van der Waals surface area contributed by atoms with Crippen molar-refractivity contribution in [1.82, 2.24) is 4.90 Å². The summed E-state index contributed by atoms with van der Waals surface area (Å²) in [7, 11) is 0. The van der Waals surface area contributed by atoms with Crippen LogP contribution >= 0.6 is 11.8 Å². The van der Waals surface area contributed by atoms with Crippen LogP contribution in [0.25, 0.3) is 0 Å². The highest BCUT2D eigenvalue weighted by molar-refractivity contribution is 8.00. The molecule has 0 aliphatic carbocycles. The summed E-state index contributed by atoms with van der Waals surface area (Å²) in [6.45, 7) is 5.64. The van der Waals surface area contributed by atoms with Crippen molar-refractivity contribution in [2.24, 2.45) is 0 Å². The molecule has 0 amide bonds. The van der Waals surface area contributed by atoms with Crippen molar-refractivity contribution in [2.75, 3.05) is 37.7 Å². The van der Waals surface area contributed by atoms with Crippen molar-refractivity contribution in [2.45, 2.75) is 37.9 Å². The molecule has 1 atom stereocenters. The second kappa shape index (κ2) is 10.6. The molecule has 2 heterocycles. The van der Waals surface area contributed by atoms with E-state index < -0.39 is 5.78 Å². The smallest absolute Gasteiger partial charge is 0.229 e. The lowest BCUT2D eigenvalue weighted by molar-refractivity contribution is -0.113. The molecule has 1 fully saturated rings. The largest absolute Gasteiger partial charge is 0.494 e. The van der Waals surface area contributed by atoms with Gasteiger partial charge in [-0.15, -0.1) is 0 Å². The first-order chi connectivity index (χ1) is 15.6. The van der Waals surface area contributed by atoms with Gasteiger partial charge in [0.25, 0.3) is 0 Å². The Morgan fingerprint density at radius 2 is 1.78 bits per heavy atom. The number of para-hydroxylation sites is 1. The van der Waals surface area contributed by atoms with Gasteiger partial charge in [0.2, 0.25) is 11.6 Å². The summed E-state index contributed by atoms with van der Waals surface area (Å²) >= 11 is 1.53. The lowest BCUT2D eigenvalue weighted by Gasteiger charge is -2.43. The lowest BCUT2D eigenvalue weighted by Crippen LogP contribution is -2.49. The van der Waals surface area contributed by atoms with E-state index in [1.165, 1.54) is 11.8 Å². The summed E-state index contributed by atoms with van der Waals surface area (Å²) in [5.74, 6) is 1.16. The first kappa shape index (κ1) is 23.0. The second-order valence-corrected chi connectivity index (χ2v) is 9.62. The number of carbonyl (C=O) groups is 2. The number of carbonyl (C=O) groups excluding carboxylic acids is 2. The molecule has 0 radical (unpaired) electrons. The number of likely N-dealkylation sites (tertiary alicyclic amines) is 1. The molecule has 5 nitrogen and oxygen atoms in total. The summed E-state index contributed by atoms with van der Waals surface area (Å²) in [5, 5.41) is 0. The van der Waals surface area contributed by atoms with Gasteiger partial charge in [0.1, 0.15) is 5.75 Å². The van der Waals surface area contributed by atoms with Crippen LogP contribution in [0, 0.1) is 0 Å². The SMILES string of the molecule is CC1OC2(CCN(CCCOc3ccccc3)CC2)CSCC(=O)C(=O)c2ccccc21. The van der Waals surface area contributed by atoms with Crippen LogP contribution in [0.1, 0.15) is 48.2 Å². The number of Topliss-reactive ketones (excluding diaryl/α,β-unsaturated/α-hetero) is 2. The third kappa shape index (κ3) is 5.61. The molecule has 4 rings (SSSR count). The van der Waals surface area contributed by atoms with Gasteiger partial charge in [-0.25, -0.2) is 0 Å². The average Bonchev–Trinajstić information content (AvgIpc) is 2.82. The molecular formula is C26H31NO4S. The molecule has 0 aromatic heterocycles. The van der Waals surface area contributed by atoms with Gasteiger partial charge in [-0.3, -0.25) is 9.59 Å². The van der Waals surface area contributed by atoms with Gasteiger partial charge in [0.15, 0.2) is 0 Å². The molecule has 1 unspecified atom stereocenters. The molecule has 1 saturated heterocycles. The fourth-order valence-electron chi connectivity index (χ4n) is 4.52. The average molecular weight is 454 g/mol. The van der Waals surface area contributed by atoms with E-state index in [4.69, 9.17) is 9.47 Å². The predicted octanol–water partition coefficient (Wildman–Crippen LogP) is 4.57. The van der Waals surface area contributed by atoms with Gasteiger partial charge in [-0.2, -0.15) is 11.8 Å². The van der Waals surface area contributed by atoms with Crippen molar-refractivity contribution in [3.05, 3.63) is 65.7 Å². The maximum absolute atomic E-state index is 12.6. The summed E-state index contributed by atoms with van der Waals surface area (Å²) < 4.78 is 12.5. The number of hydrogen-bond acceptors (Lipinski definition) is 6. The third-order valence-electron chi connectivity index (χ3n) is 6.32. The molecule has 1 spiro atoms. The minimum atomic E-state index is -0.396. The van der Waals surface area contributed by atoms with Crippen LogP contribution in [-0.4, -0.2) is 59.8 Å². The van der Waals surface area contributed by atoms with Crippen molar-refractivity contribution in [1.29, 1.82) is 0 Å². The van der Waals surface area contributed by atoms with Crippen molar-refractivity contribution >= 4 is 23.3 Å². The predicted molar refractivity (Wildman–Crippen MR) is 128 cm³/mol. The van der Waals surface area contributed by atoms with Crippen LogP contribution < -0.4 is 4.74 Å². The van der Waals surface area contributed by atoms with E-state index in [2.05, 4.69) is 4.90 Å². The van der Waals surface area contributed by atoms with E-state index in [1.54, 1.807) is 6.07 Å². The molecule has 2 aromatic rings. The van der Waals surface area contributed by atoms with Gasteiger partial charge in [0.05, 0.1) is 24.1 Å². The number of thioether (sulfide) groups is 1. The second-order valence-electron chi connectivity index (χ2n) is 8.63. The summed E-state index contributed by atoms with van der Waals surface area (Å²) in [4.78, 5) is 27.5. The zero-order valence-electron chi connectivity index (χ0n) is 18.6. The highest BCUT2D eigenvalue weighted by Crippen LogP contribution is 2.37. The molecule has 0 bridgehead atoms. The van der Waals surface area contributed by atoms with E-state index in [1.807, 2.05) is 55.5 Å². The molecule has 32 heavy (non-hydrogen) atoms. The Balaban J connectivity index is 1.34. The van der Waals surface area contributed by atoms with Gasteiger partial charge in [-0.05, 0) is 43.9 Å². The molecule has 2 aromatic carbocycles. The van der Waals surface area contributed by atoms with Crippen molar-refractivity contribution < 1.29 is 19.1 Å². The first-order valence-electron chi connectivity index (χ1n) is 11.4. The zero-order chi connectivity index (χ0) is 22.4. The molecular weight excluding hydrogens is 422 g/mol. The van der Waals surface area contributed by atoms with E-state index in [9.17, 15) is 9.59 Å². The van der Waals surface area contributed by atoms with E-state index in [-0.39, 0.29) is 23.2 Å². The van der Waals surface area contributed by atoms with Crippen LogP contribution in [0.3, 0.4) is 0 Å². The minimum absolute atomic E-state index is 0.215. The van der Waals surface area contributed by atoms with Gasteiger partial charge >= 0.3 is 0 Å². The highest BCUT2D eigenvalue weighted by atomic mass is 32.2. The van der Waals surface area contributed by atoms with Crippen molar-refractivity contribution in [3.63, 3.8) is 0 Å². The lowest BCUT2D eigenvalue weighted by atomic mass is 9.91. The molecule has 0 saturated carbocycles. The standard InChI is InChI=1S/C26H31NO4S/c1-20-22-10-5-6-11-23(22)25(29)24(28)18-32-19-26(31-20)12-15-27(16-13-26)14-7-17-30-21-8-3-2-4-9-21/h2-6,8-11,20H,7,12-19H2,1H3. The quantitative estimate of drug-likeness (QED) is 0.488. The van der Waals surface area contributed by atoms with E-state index >= 15 is 0 Å². The number of nitrogens with zero attached hydrogens (tertiary/aromatic N) is 1. The summed E-state index contributed by atoms with van der Waals surface area (Å²) in [6.07, 6.45) is 2.60. The van der Waals surface area contributed by atoms with Crippen LogP contribution in [0.4, 0.5) is 0 Å². The molecule has 170 valence electrons. The van der Waals surface area contributed by atoms with E-state index in [0.717, 1.165) is 56.0 Å². The summed E-state index contributed by atoms with van der Waals surface area (Å²) in [6, 6.07) is 17.3. The Labute approximate surface area is 194 Å². The van der Waals surface area contributed by atoms with Gasteiger partial charge in [0, 0.05) is 31.0 Å². The fourth-order valence-corrected chi connectivity index (χ4v) is 5.66. The van der Waals surface area contributed by atoms with Crippen LogP contribution in [0.15, 0.2) is 54.6 Å². The van der Waals surface area contributed by atoms with E-state index in [0.29, 0.717) is 12.2 Å². The molecule has 2 aliphatic rings. The Morgan fingerprint density at radius 1 is 1.06 bits per heavy atom. The highest BCUT2D eigenvalue weighted by Gasteiger charge is 2.39. The number of fused-ring (bicyclic) bond motifs is 1. The van der Waals surface area contributed by atoms with Gasteiger partial charge < -0.3 is 14.4 Å². The van der Waals surface area contributed by atoms with Crippen LogP contribution in [0.5, 0.6) is 5.75 Å².